The zero-order valence-corrected chi connectivity index (χ0v) is 17.1. The molecule has 0 spiro atoms. The van der Waals surface area contributed by atoms with Gasteiger partial charge < -0.3 is 10.1 Å². The molecule has 0 heterocycles. The van der Waals surface area contributed by atoms with Crippen molar-refractivity contribution in [3.63, 3.8) is 0 Å². The minimum absolute atomic E-state index is 0.160. The number of amides is 1. The molecule has 1 amide bonds. The third kappa shape index (κ3) is 6.15. The van der Waals surface area contributed by atoms with Gasteiger partial charge in [0.05, 0.1) is 24.7 Å². The number of carbonyl (C=O) groups excluding carboxylic acids is 1. The number of nitrogens with zero attached hydrogens (tertiary/aromatic N) is 1. The number of sulfonamides is 1. The van der Waals surface area contributed by atoms with Crippen LogP contribution in [-0.2, 0) is 14.8 Å². The smallest absolute Gasteiger partial charge is 0.232 e. The third-order valence-electron chi connectivity index (χ3n) is 3.92. The molecule has 6 nitrogen and oxygen atoms in total. The van der Waals surface area contributed by atoms with Gasteiger partial charge in [-0.3, -0.25) is 9.10 Å². The molecule has 0 aliphatic carbocycles. The first-order chi connectivity index (χ1) is 12.7. The number of carbonyl (C=O) groups is 1. The lowest BCUT2D eigenvalue weighted by Crippen LogP contribution is -2.31. The Balaban J connectivity index is 1.99. The number of benzene rings is 2. The number of aryl methyl sites for hydroxylation is 1. The van der Waals surface area contributed by atoms with Crippen LogP contribution in [0, 0.1) is 6.92 Å². The van der Waals surface area contributed by atoms with Gasteiger partial charge in [-0.1, -0.05) is 29.3 Å². The Labute approximate surface area is 165 Å². The van der Waals surface area contributed by atoms with Gasteiger partial charge in [-0.05, 0) is 43.7 Å². The van der Waals surface area contributed by atoms with Crippen molar-refractivity contribution in [2.45, 2.75) is 19.8 Å². The Kier molecular flexibility index (Phi) is 7.10. The first kappa shape index (κ1) is 21.1. The van der Waals surface area contributed by atoms with Gasteiger partial charge >= 0.3 is 0 Å². The van der Waals surface area contributed by atoms with Crippen molar-refractivity contribution in [2.75, 3.05) is 29.5 Å². The van der Waals surface area contributed by atoms with Crippen LogP contribution in [0.4, 0.5) is 11.4 Å². The van der Waals surface area contributed by atoms with E-state index in [2.05, 4.69) is 5.32 Å². The molecule has 27 heavy (non-hydrogen) atoms. The molecule has 0 bridgehead atoms. The van der Waals surface area contributed by atoms with Gasteiger partial charge in [0.2, 0.25) is 15.9 Å². The molecule has 0 unspecified atom stereocenters. The standard InChI is InChI=1S/C19H23ClN2O4S/c1-14-6-9-16(10-7-14)22(27(3,24)25)12-4-5-19(23)21-17-13-15(20)8-11-18(17)26-2/h6-11,13H,4-5,12H2,1-3H3,(H,21,23). The van der Waals surface area contributed by atoms with E-state index in [9.17, 15) is 13.2 Å². The third-order valence-corrected chi connectivity index (χ3v) is 5.35. The summed E-state index contributed by atoms with van der Waals surface area (Å²) in [6.07, 6.45) is 1.69. The number of nitrogens with one attached hydrogen (secondary N) is 1. The van der Waals surface area contributed by atoms with Crippen LogP contribution in [0.25, 0.3) is 0 Å². The van der Waals surface area contributed by atoms with E-state index in [0.29, 0.717) is 28.6 Å². The van der Waals surface area contributed by atoms with E-state index in [1.54, 1.807) is 30.3 Å². The number of halogens is 1. The van der Waals surface area contributed by atoms with Crippen LogP contribution in [0.3, 0.4) is 0 Å². The van der Waals surface area contributed by atoms with E-state index in [1.807, 2.05) is 19.1 Å². The number of hydrogen-bond donors (Lipinski definition) is 1. The maximum absolute atomic E-state index is 12.2. The maximum Gasteiger partial charge on any atom is 0.232 e. The lowest BCUT2D eigenvalue weighted by molar-refractivity contribution is -0.116. The second kappa shape index (κ2) is 9.10. The van der Waals surface area contributed by atoms with E-state index >= 15 is 0 Å². The first-order valence-corrected chi connectivity index (χ1v) is 10.6. The summed E-state index contributed by atoms with van der Waals surface area (Å²) < 4.78 is 30.7. The largest absolute Gasteiger partial charge is 0.495 e. The van der Waals surface area contributed by atoms with Crippen molar-refractivity contribution >= 4 is 38.9 Å². The highest BCUT2D eigenvalue weighted by Gasteiger charge is 2.17. The lowest BCUT2D eigenvalue weighted by Gasteiger charge is -2.22. The molecule has 8 heteroatoms. The molecule has 0 saturated carbocycles. The topological polar surface area (TPSA) is 75.7 Å². The Bertz CT molecular complexity index is 898. The molecule has 0 aromatic heterocycles. The van der Waals surface area contributed by atoms with E-state index in [4.69, 9.17) is 16.3 Å². The van der Waals surface area contributed by atoms with Crippen molar-refractivity contribution in [2.24, 2.45) is 0 Å². The molecule has 0 aliphatic rings. The Morgan fingerprint density at radius 2 is 1.85 bits per heavy atom. The van der Waals surface area contributed by atoms with E-state index in [0.717, 1.165) is 11.8 Å². The number of anilines is 2. The summed E-state index contributed by atoms with van der Waals surface area (Å²) in [6, 6.07) is 12.2. The molecule has 0 fully saturated rings. The average molecular weight is 411 g/mol. The molecule has 0 atom stereocenters. The van der Waals surface area contributed by atoms with Crippen LogP contribution in [0.15, 0.2) is 42.5 Å². The predicted molar refractivity (Wildman–Crippen MR) is 109 cm³/mol. The summed E-state index contributed by atoms with van der Waals surface area (Å²) in [5.74, 6) is 0.262. The quantitative estimate of drug-likeness (QED) is 0.717. The Morgan fingerprint density at radius 3 is 2.44 bits per heavy atom. The SMILES string of the molecule is COc1ccc(Cl)cc1NC(=O)CCCN(c1ccc(C)cc1)S(C)(=O)=O. The molecule has 2 rings (SSSR count). The molecule has 0 saturated heterocycles. The molecule has 2 aromatic rings. The predicted octanol–water partition coefficient (Wildman–Crippen LogP) is 3.84. The highest BCUT2D eigenvalue weighted by Crippen LogP contribution is 2.28. The summed E-state index contributed by atoms with van der Waals surface area (Å²) in [5, 5.41) is 3.23. The molecular weight excluding hydrogens is 388 g/mol. The summed E-state index contributed by atoms with van der Waals surface area (Å²) in [7, 11) is -1.94. The summed E-state index contributed by atoms with van der Waals surface area (Å²) >= 11 is 5.95. The fourth-order valence-electron chi connectivity index (χ4n) is 2.57. The Morgan fingerprint density at radius 1 is 1.19 bits per heavy atom. The second-order valence-corrected chi connectivity index (χ2v) is 8.51. The monoisotopic (exact) mass is 410 g/mol. The number of rotatable bonds is 8. The van der Waals surface area contributed by atoms with Crippen molar-refractivity contribution in [1.29, 1.82) is 0 Å². The van der Waals surface area contributed by atoms with Gasteiger partial charge in [-0.15, -0.1) is 0 Å². The van der Waals surface area contributed by atoms with Crippen LogP contribution in [0.5, 0.6) is 5.75 Å². The highest BCUT2D eigenvalue weighted by molar-refractivity contribution is 7.92. The van der Waals surface area contributed by atoms with Gasteiger partial charge in [-0.25, -0.2) is 8.42 Å². The van der Waals surface area contributed by atoms with E-state index in [1.165, 1.54) is 11.4 Å². The molecular formula is C19H23ClN2O4S. The van der Waals surface area contributed by atoms with Crippen molar-refractivity contribution in [3.05, 3.63) is 53.1 Å². The summed E-state index contributed by atoms with van der Waals surface area (Å²) in [4.78, 5) is 12.2. The highest BCUT2D eigenvalue weighted by atomic mass is 35.5. The first-order valence-electron chi connectivity index (χ1n) is 8.38. The molecule has 146 valence electrons. The average Bonchev–Trinajstić information content (AvgIpc) is 2.59. The normalized spacial score (nSPS) is 11.1. The number of methoxy groups -OCH3 is 1. The zero-order chi connectivity index (χ0) is 20.0. The van der Waals surface area contributed by atoms with Crippen molar-refractivity contribution in [3.8, 4) is 5.75 Å². The minimum Gasteiger partial charge on any atom is -0.495 e. The van der Waals surface area contributed by atoms with Gasteiger partial charge in [0.15, 0.2) is 0 Å². The van der Waals surface area contributed by atoms with Crippen LogP contribution in [0.2, 0.25) is 5.02 Å². The summed E-state index contributed by atoms with van der Waals surface area (Å²) in [6.45, 7) is 2.14. The molecule has 0 radical (unpaired) electrons. The summed E-state index contributed by atoms with van der Waals surface area (Å²) in [5.41, 5.74) is 2.11. The van der Waals surface area contributed by atoms with Crippen LogP contribution < -0.4 is 14.4 Å². The Hall–Kier alpha value is -2.25. The van der Waals surface area contributed by atoms with Crippen molar-refractivity contribution < 1.29 is 17.9 Å². The van der Waals surface area contributed by atoms with Crippen molar-refractivity contribution in [1.82, 2.24) is 0 Å². The molecule has 2 aromatic carbocycles. The number of hydrogen-bond acceptors (Lipinski definition) is 4. The molecule has 0 aliphatic heterocycles. The fraction of sp³-hybridized carbons (Fsp3) is 0.316. The van der Waals surface area contributed by atoms with E-state index in [-0.39, 0.29) is 18.9 Å². The molecule has 1 N–H and O–H groups in total. The van der Waals surface area contributed by atoms with Crippen LogP contribution in [0.1, 0.15) is 18.4 Å². The van der Waals surface area contributed by atoms with Crippen LogP contribution in [-0.4, -0.2) is 34.2 Å². The fourth-order valence-corrected chi connectivity index (χ4v) is 3.71. The van der Waals surface area contributed by atoms with Crippen LogP contribution >= 0.6 is 11.6 Å². The maximum atomic E-state index is 12.2. The van der Waals surface area contributed by atoms with Gasteiger partial charge in [-0.2, -0.15) is 0 Å². The minimum atomic E-state index is -3.44. The zero-order valence-electron chi connectivity index (χ0n) is 15.5. The lowest BCUT2D eigenvalue weighted by atomic mass is 10.2. The number of ether oxygens (including phenoxy) is 1. The van der Waals surface area contributed by atoms with Gasteiger partial charge in [0.25, 0.3) is 0 Å². The van der Waals surface area contributed by atoms with Gasteiger partial charge in [0, 0.05) is 18.0 Å². The van der Waals surface area contributed by atoms with Gasteiger partial charge in [0.1, 0.15) is 5.75 Å². The van der Waals surface area contributed by atoms with E-state index < -0.39 is 10.0 Å². The second-order valence-electron chi connectivity index (χ2n) is 6.17.